The Hall–Kier alpha value is -2.25. The average molecular weight is 380 g/mol. The maximum Gasteiger partial charge on any atom is 0.416 e. The summed E-state index contributed by atoms with van der Waals surface area (Å²) in [4.78, 5) is 16.4. The van der Waals surface area contributed by atoms with Gasteiger partial charge in [0.2, 0.25) is 0 Å². The van der Waals surface area contributed by atoms with Crippen LogP contribution >= 0.6 is 0 Å². The molecule has 1 fully saturated rings. The van der Waals surface area contributed by atoms with E-state index in [0.717, 1.165) is 30.8 Å². The lowest BCUT2D eigenvalue weighted by Crippen LogP contribution is -2.47. The summed E-state index contributed by atoms with van der Waals surface area (Å²) in [6.45, 7) is 3.73. The number of nitrogens with zero attached hydrogens (tertiary/aromatic N) is 2. The SMILES string of the molecule is O=C(CN1CCN(Cc2ccc(C(F)(F)F)cc2)CC1)c1ccc(F)cc1. The largest absolute Gasteiger partial charge is 0.416 e. The summed E-state index contributed by atoms with van der Waals surface area (Å²) in [5.41, 5.74) is 0.679. The topological polar surface area (TPSA) is 23.6 Å². The van der Waals surface area contributed by atoms with Crippen LogP contribution in [-0.4, -0.2) is 48.3 Å². The van der Waals surface area contributed by atoms with Crippen molar-refractivity contribution in [3.63, 3.8) is 0 Å². The zero-order chi connectivity index (χ0) is 19.4. The van der Waals surface area contributed by atoms with Crippen molar-refractivity contribution in [1.29, 1.82) is 0 Å². The number of Topliss-reactive ketones (excluding diaryl/α,β-unsaturated/α-hetero) is 1. The van der Waals surface area contributed by atoms with E-state index in [4.69, 9.17) is 0 Å². The van der Waals surface area contributed by atoms with Crippen LogP contribution in [0.25, 0.3) is 0 Å². The molecule has 0 amide bonds. The van der Waals surface area contributed by atoms with E-state index in [9.17, 15) is 22.4 Å². The van der Waals surface area contributed by atoms with Crippen molar-refractivity contribution in [2.75, 3.05) is 32.7 Å². The highest BCUT2D eigenvalue weighted by Crippen LogP contribution is 2.29. The molecule has 1 aliphatic heterocycles. The van der Waals surface area contributed by atoms with Gasteiger partial charge in [-0.1, -0.05) is 12.1 Å². The first-order chi connectivity index (χ1) is 12.8. The van der Waals surface area contributed by atoms with Gasteiger partial charge in [-0.15, -0.1) is 0 Å². The first-order valence-corrected chi connectivity index (χ1v) is 8.71. The van der Waals surface area contributed by atoms with E-state index < -0.39 is 11.7 Å². The summed E-state index contributed by atoms with van der Waals surface area (Å²) in [5.74, 6) is -0.422. The predicted octanol–water partition coefficient (Wildman–Crippen LogP) is 3.85. The number of piperazine rings is 1. The number of alkyl halides is 3. The van der Waals surface area contributed by atoms with Crippen LogP contribution in [0, 0.1) is 5.82 Å². The van der Waals surface area contributed by atoms with Gasteiger partial charge in [0.1, 0.15) is 5.82 Å². The minimum absolute atomic E-state index is 0.0498. The lowest BCUT2D eigenvalue weighted by molar-refractivity contribution is -0.137. The van der Waals surface area contributed by atoms with E-state index in [1.54, 1.807) is 0 Å². The third kappa shape index (κ3) is 5.37. The molecule has 3 rings (SSSR count). The van der Waals surface area contributed by atoms with Gasteiger partial charge >= 0.3 is 6.18 Å². The second kappa shape index (κ2) is 8.19. The molecule has 0 aromatic heterocycles. The number of ketones is 1. The van der Waals surface area contributed by atoms with Gasteiger partial charge in [0.15, 0.2) is 5.78 Å². The van der Waals surface area contributed by atoms with Crippen molar-refractivity contribution >= 4 is 5.78 Å². The summed E-state index contributed by atoms with van der Waals surface area (Å²) < 4.78 is 50.7. The fourth-order valence-electron chi connectivity index (χ4n) is 3.09. The third-order valence-electron chi connectivity index (χ3n) is 4.69. The lowest BCUT2D eigenvalue weighted by atomic mass is 10.1. The first kappa shape index (κ1) is 19.5. The molecule has 0 radical (unpaired) electrons. The first-order valence-electron chi connectivity index (χ1n) is 8.71. The highest BCUT2D eigenvalue weighted by Gasteiger charge is 2.30. The van der Waals surface area contributed by atoms with E-state index in [2.05, 4.69) is 4.90 Å². The molecule has 1 saturated heterocycles. The molecule has 2 aromatic carbocycles. The normalized spacial score (nSPS) is 16.4. The van der Waals surface area contributed by atoms with Gasteiger partial charge in [0.25, 0.3) is 0 Å². The molecule has 1 heterocycles. The van der Waals surface area contributed by atoms with Crippen LogP contribution in [0.4, 0.5) is 17.6 Å². The predicted molar refractivity (Wildman–Crippen MR) is 93.9 cm³/mol. The van der Waals surface area contributed by atoms with Crippen LogP contribution in [0.1, 0.15) is 21.5 Å². The molecule has 27 heavy (non-hydrogen) atoms. The molecule has 144 valence electrons. The Morgan fingerprint density at radius 1 is 0.852 bits per heavy atom. The van der Waals surface area contributed by atoms with Crippen molar-refractivity contribution in [3.05, 3.63) is 71.0 Å². The number of halogens is 4. The fraction of sp³-hybridized carbons (Fsp3) is 0.350. The van der Waals surface area contributed by atoms with E-state index in [1.807, 2.05) is 4.90 Å². The maximum absolute atomic E-state index is 12.9. The van der Waals surface area contributed by atoms with Gasteiger partial charge in [-0.05, 0) is 42.0 Å². The Morgan fingerprint density at radius 3 is 1.96 bits per heavy atom. The van der Waals surface area contributed by atoms with Gasteiger partial charge < -0.3 is 0 Å². The number of benzene rings is 2. The van der Waals surface area contributed by atoms with Crippen LogP contribution in [0.5, 0.6) is 0 Å². The van der Waals surface area contributed by atoms with E-state index >= 15 is 0 Å². The molecular weight excluding hydrogens is 360 g/mol. The minimum atomic E-state index is -4.32. The molecule has 0 N–H and O–H groups in total. The number of rotatable bonds is 5. The second-order valence-electron chi connectivity index (χ2n) is 6.68. The van der Waals surface area contributed by atoms with Crippen molar-refractivity contribution in [2.45, 2.75) is 12.7 Å². The Bertz CT molecular complexity index is 764. The van der Waals surface area contributed by atoms with E-state index in [1.165, 1.54) is 36.4 Å². The zero-order valence-corrected chi connectivity index (χ0v) is 14.7. The third-order valence-corrected chi connectivity index (χ3v) is 4.69. The highest BCUT2D eigenvalue weighted by atomic mass is 19.4. The summed E-state index contributed by atoms with van der Waals surface area (Å²) >= 11 is 0. The molecular formula is C20H20F4N2O. The summed E-state index contributed by atoms with van der Waals surface area (Å²) in [6.07, 6.45) is -4.32. The molecule has 0 unspecified atom stereocenters. The quantitative estimate of drug-likeness (QED) is 0.582. The van der Waals surface area contributed by atoms with E-state index in [-0.39, 0.29) is 18.1 Å². The van der Waals surface area contributed by atoms with Crippen LogP contribution in [0.15, 0.2) is 48.5 Å². The minimum Gasteiger partial charge on any atom is -0.297 e. The molecule has 7 heteroatoms. The van der Waals surface area contributed by atoms with E-state index in [0.29, 0.717) is 25.2 Å². The standard InChI is InChI=1S/C20H20F4N2O/c21-18-7-3-16(4-8-18)19(27)14-26-11-9-25(10-12-26)13-15-1-5-17(6-2-15)20(22,23)24/h1-8H,9-14H2. The Labute approximate surface area is 155 Å². The van der Waals surface area contributed by atoms with Gasteiger partial charge in [-0.2, -0.15) is 13.2 Å². The lowest BCUT2D eigenvalue weighted by Gasteiger charge is -2.34. The molecule has 1 aliphatic rings. The molecule has 0 spiro atoms. The van der Waals surface area contributed by atoms with Crippen molar-refractivity contribution in [3.8, 4) is 0 Å². The van der Waals surface area contributed by atoms with Crippen molar-refractivity contribution in [2.24, 2.45) is 0 Å². The van der Waals surface area contributed by atoms with Crippen LogP contribution < -0.4 is 0 Å². The molecule has 2 aromatic rings. The van der Waals surface area contributed by atoms with Crippen molar-refractivity contribution < 1.29 is 22.4 Å². The highest BCUT2D eigenvalue weighted by molar-refractivity contribution is 5.97. The molecule has 0 saturated carbocycles. The Kier molecular flexibility index (Phi) is 5.92. The van der Waals surface area contributed by atoms with Crippen molar-refractivity contribution in [1.82, 2.24) is 9.80 Å². The monoisotopic (exact) mass is 380 g/mol. The summed E-state index contributed by atoms with van der Waals surface area (Å²) in [6, 6.07) is 10.7. The van der Waals surface area contributed by atoms with Crippen LogP contribution in [0.3, 0.4) is 0 Å². The van der Waals surface area contributed by atoms with Gasteiger partial charge in [0, 0.05) is 38.3 Å². The Morgan fingerprint density at radius 2 is 1.41 bits per heavy atom. The molecule has 0 atom stereocenters. The maximum atomic E-state index is 12.9. The second-order valence-corrected chi connectivity index (χ2v) is 6.68. The smallest absolute Gasteiger partial charge is 0.297 e. The summed E-state index contributed by atoms with van der Waals surface area (Å²) in [5, 5.41) is 0. The molecule has 3 nitrogen and oxygen atoms in total. The number of hydrogen-bond donors (Lipinski definition) is 0. The van der Waals surface area contributed by atoms with Gasteiger partial charge in [0.05, 0.1) is 12.1 Å². The molecule has 0 bridgehead atoms. The number of hydrogen-bond acceptors (Lipinski definition) is 3. The molecule has 0 aliphatic carbocycles. The fourth-order valence-corrected chi connectivity index (χ4v) is 3.09. The van der Waals surface area contributed by atoms with Crippen LogP contribution in [0.2, 0.25) is 0 Å². The van der Waals surface area contributed by atoms with Gasteiger partial charge in [-0.3, -0.25) is 14.6 Å². The summed E-state index contributed by atoms with van der Waals surface area (Å²) in [7, 11) is 0. The zero-order valence-electron chi connectivity index (χ0n) is 14.7. The average Bonchev–Trinajstić information content (AvgIpc) is 2.63. The van der Waals surface area contributed by atoms with Gasteiger partial charge in [-0.25, -0.2) is 4.39 Å². The number of carbonyl (C=O) groups excluding carboxylic acids is 1. The number of carbonyl (C=O) groups is 1. The van der Waals surface area contributed by atoms with Crippen LogP contribution in [-0.2, 0) is 12.7 Å². The Balaban J connectivity index is 1.47.